The Morgan fingerprint density at radius 2 is 1.86 bits per heavy atom. The van der Waals surface area contributed by atoms with Gasteiger partial charge in [0, 0.05) is 6.07 Å². The molecule has 0 saturated heterocycles. The molecule has 0 aliphatic heterocycles. The minimum absolute atomic E-state index is 0.110. The summed E-state index contributed by atoms with van der Waals surface area (Å²) in [6.45, 7) is 2.95. The van der Waals surface area contributed by atoms with Gasteiger partial charge >= 0.3 is 17.6 Å². The van der Waals surface area contributed by atoms with E-state index in [1.54, 1.807) is 13.8 Å². The molecule has 0 N–H and O–H groups in total. The van der Waals surface area contributed by atoms with Crippen molar-refractivity contribution in [3.8, 4) is 5.75 Å². The van der Waals surface area contributed by atoms with Crippen LogP contribution in [0.2, 0.25) is 0 Å². The zero-order valence-electron chi connectivity index (χ0n) is 11.7. The quantitative estimate of drug-likeness (QED) is 0.428. The first-order valence-corrected chi connectivity index (χ1v) is 6.24. The molecule has 21 heavy (non-hydrogen) atoms. The number of hydrogen-bond donors (Lipinski definition) is 0. The summed E-state index contributed by atoms with van der Waals surface area (Å²) in [6, 6.07) is 3.83. The van der Waals surface area contributed by atoms with E-state index >= 15 is 0 Å². The SMILES string of the molecule is CCOC(=O)COc1c(C(=O)OCC)cccc1[N+](=O)[O-]. The average Bonchev–Trinajstić information content (AvgIpc) is 2.45. The molecule has 0 spiro atoms. The van der Waals surface area contributed by atoms with E-state index in [9.17, 15) is 19.7 Å². The molecule has 0 atom stereocenters. The third-order valence-electron chi connectivity index (χ3n) is 2.33. The Labute approximate surface area is 120 Å². The van der Waals surface area contributed by atoms with Gasteiger partial charge in [-0.2, -0.15) is 0 Å². The van der Waals surface area contributed by atoms with E-state index < -0.39 is 29.2 Å². The van der Waals surface area contributed by atoms with E-state index in [1.165, 1.54) is 18.2 Å². The third-order valence-corrected chi connectivity index (χ3v) is 2.33. The van der Waals surface area contributed by atoms with E-state index in [1.807, 2.05) is 0 Å². The largest absolute Gasteiger partial charge is 0.474 e. The van der Waals surface area contributed by atoms with Gasteiger partial charge in [-0.15, -0.1) is 0 Å². The molecule has 0 bridgehead atoms. The summed E-state index contributed by atoms with van der Waals surface area (Å²) < 4.78 is 14.6. The van der Waals surface area contributed by atoms with Gasteiger partial charge in [-0.25, -0.2) is 9.59 Å². The normalized spacial score (nSPS) is 9.81. The van der Waals surface area contributed by atoms with Gasteiger partial charge in [-0.3, -0.25) is 10.1 Å². The van der Waals surface area contributed by atoms with Gasteiger partial charge in [-0.1, -0.05) is 6.07 Å². The zero-order valence-corrected chi connectivity index (χ0v) is 11.7. The van der Waals surface area contributed by atoms with Crippen LogP contribution in [-0.2, 0) is 14.3 Å². The van der Waals surface area contributed by atoms with Crippen molar-refractivity contribution in [3.05, 3.63) is 33.9 Å². The molecule has 0 aliphatic carbocycles. The summed E-state index contributed by atoms with van der Waals surface area (Å²) in [4.78, 5) is 33.3. The highest BCUT2D eigenvalue weighted by atomic mass is 16.6. The average molecular weight is 297 g/mol. The maximum absolute atomic E-state index is 11.8. The highest BCUT2D eigenvalue weighted by Gasteiger charge is 2.24. The van der Waals surface area contributed by atoms with Gasteiger partial charge in [0.05, 0.1) is 18.1 Å². The maximum Gasteiger partial charge on any atom is 0.344 e. The van der Waals surface area contributed by atoms with Crippen molar-refractivity contribution in [3.63, 3.8) is 0 Å². The van der Waals surface area contributed by atoms with Crippen LogP contribution in [0.5, 0.6) is 5.75 Å². The van der Waals surface area contributed by atoms with Crippen molar-refractivity contribution in [1.82, 2.24) is 0 Å². The third kappa shape index (κ3) is 4.44. The van der Waals surface area contributed by atoms with Crippen molar-refractivity contribution in [2.24, 2.45) is 0 Å². The molecule has 1 aromatic carbocycles. The molecule has 0 aliphatic rings. The van der Waals surface area contributed by atoms with Gasteiger partial charge in [0.1, 0.15) is 5.56 Å². The molecule has 0 heterocycles. The van der Waals surface area contributed by atoms with E-state index in [-0.39, 0.29) is 24.5 Å². The molecule has 1 rings (SSSR count). The summed E-state index contributed by atoms with van der Waals surface area (Å²) in [5.41, 5.74) is -0.541. The lowest BCUT2D eigenvalue weighted by Gasteiger charge is -2.10. The lowest BCUT2D eigenvalue weighted by atomic mass is 10.1. The Morgan fingerprint density at radius 3 is 2.43 bits per heavy atom. The van der Waals surface area contributed by atoms with Crippen molar-refractivity contribution in [2.45, 2.75) is 13.8 Å². The fraction of sp³-hybridized carbons (Fsp3) is 0.385. The maximum atomic E-state index is 11.8. The van der Waals surface area contributed by atoms with Crippen LogP contribution < -0.4 is 4.74 Å². The molecular weight excluding hydrogens is 282 g/mol. The summed E-state index contributed by atoms with van der Waals surface area (Å²) >= 11 is 0. The number of rotatable bonds is 7. The molecule has 8 heteroatoms. The van der Waals surface area contributed by atoms with Crippen LogP contribution in [0.3, 0.4) is 0 Å². The molecule has 114 valence electrons. The Balaban J connectivity index is 3.08. The van der Waals surface area contributed by atoms with Crippen molar-refractivity contribution in [1.29, 1.82) is 0 Å². The molecule has 1 aromatic rings. The first-order valence-electron chi connectivity index (χ1n) is 6.24. The number of carbonyl (C=O) groups is 2. The van der Waals surface area contributed by atoms with Crippen LogP contribution >= 0.6 is 0 Å². The minimum Gasteiger partial charge on any atom is -0.474 e. The van der Waals surface area contributed by atoms with Crippen LogP contribution in [0, 0.1) is 10.1 Å². The van der Waals surface area contributed by atoms with Crippen LogP contribution in [0.1, 0.15) is 24.2 Å². The summed E-state index contributed by atoms with van der Waals surface area (Å²) in [5.74, 6) is -1.76. The van der Waals surface area contributed by atoms with Crippen LogP contribution in [0.4, 0.5) is 5.69 Å². The summed E-state index contributed by atoms with van der Waals surface area (Å²) in [7, 11) is 0. The van der Waals surface area contributed by atoms with Crippen LogP contribution in [0.25, 0.3) is 0 Å². The minimum atomic E-state index is -0.764. The van der Waals surface area contributed by atoms with E-state index in [0.717, 1.165) is 0 Å². The number of ether oxygens (including phenoxy) is 3. The monoisotopic (exact) mass is 297 g/mol. The number of hydrogen-bond acceptors (Lipinski definition) is 7. The Kier molecular flexibility index (Phi) is 6.12. The molecule has 0 saturated carbocycles. The lowest BCUT2D eigenvalue weighted by Crippen LogP contribution is -2.17. The second kappa shape index (κ2) is 7.83. The zero-order chi connectivity index (χ0) is 15.8. The molecule has 0 unspecified atom stereocenters. The predicted molar refractivity (Wildman–Crippen MR) is 71.2 cm³/mol. The Morgan fingerprint density at radius 1 is 1.19 bits per heavy atom. The van der Waals surface area contributed by atoms with Gasteiger partial charge < -0.3 is 14.2 Å². The molecule has 0 aromatic heterocycles. The van der Waals surface area contributed by atoms with E-state index in [2.05, 4.69) is 4.74 Å². The van der Waals surface area contributed by atoms with E-state index in [0.29, 0.717) is 0 Å². The van der Waals surface area contributed by atoms with E-state index in [4.69, 9.17) is 9.47 Å². The fourth-order valence-electron chi connectivity index (χ4n) is 1.52. The number of para-hydroxylation sites is 1. The smallest absolute Gasteiger partial charge is 0.344 e. The molecular formula is C13H15NO7. The second-order valence-electron chi connectivity index (χ2n) is 3.73. The number of esters is 2. The summed E-state index contributed by atoms with van der Waals surface area (Å²) in [5, 5.41) is 11.0. The second-order valence-corrected chi connectivity index (χ2v) is 3.73. The molecule has 0 fully saturated rings. The first-order chi connectivity index (χ1) is 10.0. The fourth-order valence-corrected chi connectivity index (χ4v) is 1.52. The number of nitro groups is 1. The topological polar surface area (TPSA) is 105 Å². The molecule has 0 amide bonds. The molecule has 8 nitrogen and oxygen atoms in total. The number of nitrogens with zero attached hydrogens (tertiary/aromatic N) is 1. The van der Waals surface area contributed by atoms with Crippen molar-refractivity contribution < 1.29 is 28.7 Å². The highest BCUT2D eigenvalue weighted by Crippen LogP contribution is 2.31. The Hall–Kier alpha value is -2.64. The summed E-state index contributed by atoms with van der Waals surface area (Å²) in [6.07, 6.45) is 0. The van der Waals surface area contributed by atoms with Crippen LogP contribution in [-0.4, -0.2) is 36.7 Å². The standard InChI is InChI=1S/C13H15NO7/c1-3-19-11(15)8-21-12-9(13(16)20-4-2)6-5-7-10(12)14(17)18/h5-7H,3-4,8H2,1-2H3. The van der Waals surface area contributed by atoms with Gasteiger partial charge in [0.25, 0.3) is 0 Å². The van der Waals surface area contributed by atoms with Gasteiger partial charge in [-0.05, 0) is 19.9 Å². The van der Waals surface area contributed by atoms with Gasteiger partial charge in [0.2, 0.25) is 5.75 Å². The predicted octanol–water partition coefficient (Wildman–Crippen LogP) is 1.71. The lowest BCUT2D eigenvalue weighted by molar-refractivity contribution is -0.385. The number of carbonyl (C=O) groups excluding carboxylic acids is 2. The number of benzene rings is 1. The first kappa shape index (κ1) is 16.4. The van der Waals surface area contributed by atoms with Crippen molar-refractivity contribution in [2.75, 3.05) is 19.8 Å². The van der Waals surface area contributed by atoms with Crippen molar-refractivity contribution >= 4 is 17.6 Å². The Bertz CT molecular complexity index is 541. The van der Waals surface area contributed by atoms with Crippen LogP contribution in [0.15, 0.2) is 18.2 Å². The highest BCUT2D eigenvalue weighted by molar-refractivity contribution is 5.94. The number of nitro benzene ring substituents is 1. The molecule has 0 radical (unpaired) electrons. The van der Waals surface area contributed by atoms with Gasteiger partial charge in [0.15, 0.2) is 6.61 Å².